The summed E-state index contributed by atoms with van der Waals surface area (Å²) in [6, 6.07) is 3.67. The molecule has 0 atom stereocenters. The van der Waals surface area contributed by atoms with Crippen LogP contribution in [0, 0.1) is 0 Å². The minimum atomic E-state index is 0.924. The number of ether oxygens (including phenoxy) is 1. The number of furan rings is 1. The summed E-state index contributed by atoms with van der Waals surface area (Å²) >= 11 is 0. The number of rotatable bonds is 4. The molecule has 0 N–H and O–H groups in total. The van der Waals surface area contributed by atoms with Crippen molar-refractivity contribution >= 4 is 0 Å². The van der Waals surface area contributed by atoms with Gasteiger partial charge in [-0.2, -0.15) is 0 Å². The zero-order chi connectivity index (χ0) is 9.07. The Kier molecular flexibility index (Phi) is 9.59. The summed E-state index contributed by atoms with van der Waals surface area (Å²) in [5, 5.41) is 0. The van der Waals surface area contributed by atoms with Crippen molar-refractivity contribution in [1.29, 1.82) is 0 Å². The third-order valence-electron chi connectivity index (χ3n) is 1.12. The van der Waals surface area contributed by atoms with Crippen LogP contribution in [0.25, 0.3) is 0 Å². The average molecular weight is 170 g/mol. The molecule has 1 rings (SSSR count). The van der Waals surface area contributed by atoms with Crippen molar-refractivity contribution in [2.24, 2.45) is 0 Å². The van der Waals surface area contributed by atoms with Gasteiger partial charge in [-0.25, -0.2) is 0 Å². The van der Waals surface area contributed by atoms with Crippen LogP contribution in [0.4, 0.5) is 0 Å². The lowest BCUT2D eigenvalue weighted by atomic mass is 10.5. The Bertz CT molecular complexity index is 114. The summed E-state index contributed by atoms with van der Waals surface area (Å²) in [5.41, 5.74) is 0. The van der Waals surface area contributed by atoms with Crippen LogP contribution in [0.5, 0.6) is 0 Å². The average Bonchev–Trinajstić information content (AvgIpc) is 2.62. The van der Waals surface area contributed by atoms with Gasteiger partial charge in [0.2, 0.25) is 0 Å². The fourth-order valence-electron chi connectivity index (χ4n) is 0.618. The van der Waals surface area contributed by atoms with E-state index in [1.807, 2.05) is 12.1 Å². The molecule has 1 aromatic rings. The normalized spacial score (nSPS) is 8.83. The molecular formula is C10H18O2. The van der Waals surface area contributed by atoms with Gasteiger partial charge in [-0.1, -0.05) is 13.8 Å². The molecule has 0 aliphatic rings. The van der Waals surface area contributed by atoms with E-state index < -0.39 is 0 Å². The van der Waals surface area contributed by atoms with Crippen LogP contribution < -0.4 is 0 Å². The summed E-state index contributed by atoms with van der Waals surface area (Å²) in [6.07, 6.45) is 5.53. The summed E-state index contributed by atoms with van der Waals surface area (Å²) in [6.45, 7) is 6.09. The molecule has 2 heteroatoms. The molecule has 1 heterocycles. The highest BCUT2D eigenvalue weighted by Gasteiger charge is 1.77. The lowest BCUT2D eigenvalue weighted by Gasteiger charge is -1.95. The molecule has 0 unspecified atom stereocenters. The number of hydrogen-bond acceptors (Lipinski definition) is 2. The van der Waals surface area contributed by atoms with Crippen LogP contribution >= 0.6 is 0 Å². The summed E-state index contributed by atoms with van der Waals surface area (Å²) in [7, 11) is 0. The Balaban J connectivity index is 0.000000211. The van der Waals surface area contributed by atoms with Crippen LogP contribution in [-0.2, 0) is 4.74 Å². The van der Waals surface area contributed by atoms with Gasteiger partial charge in [-0.15, -0.1) is 0 Å². The minimum absolute atomic E-state index is 0.924. The van der Waals surface area contributed by atoms with Crippen LogP contribution in [0.2, 0.25) is 0 Å². The summed E-state index contributed by atoms with van der Waals surface area (Å²) in [5.74, 6) is 0. The maximum absolute atomic E-state index is 5.13. The van der Waals surface area contributed by atoms with Crippen molar-refractivity contribution in [2.45, 2.75) is 26.7 Å². The van der Waals surface area contributed by atoms with E-state index in [-0.39, 0.29) is 0 Å². The van der Waals surface area contributed by atoms with Crippen LogP contribution in [0.15, 0.2) is 29.1 Å². The maximum Gasteiger partial charge on any atom is 0.0902 e. The van der Waals surface area contributed by atoms with Crippen molar-refractivity contribution in [3.63, 3.8) is 0 Å². The van der Waals surface area contributed by atoms with Gasteiger partial charge in [0.25, 0.3) is 0 Å². The predicted octanol–water partition coefficient (Wildman–Crippen LogP) is 3.10. The van der Waals surface area contributed by atoms with Gasteiger partial charge >= 0.3 is 0 Å². The number of hydrogen-bond donors (Lipinski definition) is 0. The zero-order valence-corrected chi connectivity index (χ0v) is 7.95. The first-order chi connectivity index (χ1) is 5.91. The van der Waals surface area contributed by atoms with E-state index in [1.165, 1.54) is 0 Å². The molecular weight excluding hydrogens is 152 g/mol. The van der Waals surface area contributed by atoms with E-state index in [0.29, 0.717) is 0 Å². The molecule has 70 valence electrons. The molecule has 2 nitrogen and oxygen atoms in total. The Morgan fingerprint density at radius 3 is 1.75 bits per heavy atom. The van der Waals surface area contributed by atoms with Gasteiger partial charge in [0.1, 0.15) is 0 Å². The first-order valence-corrected chi connectivity index (χ1v) is 4.46. The molecule has 0 spiro atoms. The molecule has 12 heavy (non-hydrogen) atoms. The van der Waals surface area contributed by atoms with Crippen LogP contribution in [-0.4, -0.2) is 13.2 Å². The minimum Gasteiger partial charge on any atom is -0.473 e. The first-order valence-electron chi connectivity index (χ1n) is 4.46. The monoisotopic (exact) mass is 170 g/mol. The second kappa shape index (κ2) is 10.2. The van der Waals surface area contributed by atoms with E-state index in [2.05, 4.69) is 18.3 Å². The van der Waals surface area contributed by atoms with Gasteiger partial charge in [-0.3, -0.25) is 0 Å². The van der Waals surface area contributed by atoms with Crippen molar-refractivity contribution in [3.8, 4) is 0 Å². The SMILES string of the molecule is CCCOCCC.c1ccoc1. The molecule has 0 aromatic carbocycles. The molecule has 0 saturated carbocycles. The predicted molar refractivity (Wildman–Crippen MR) is 50.1 cm³/mol. The molecule has 0 bridgehead atoms. The molecule has 0 fully saturated rings. The largest absolute Gasteiger partial charge is 0.473 e. The molecule has 0 aliphatic carbocycles. The van der Waals surface area contributed by atoms with Gasteiger partial charge in [0, 0.05) is 13.2 Å². The topological polar surface area (TPSA) is 22.4 Å². The quantitative estimate of drug-likeness (QED) is 0.648. The Morgan fingerprint density at radius 2 is 1.50 bits per heavy atom. The van der Waals surface area contributed by atoms with E-state index in [9.17, 15) is 0 Å². The van der Waals surface area contributed by atoms with Gasteiger partial charge in [0.15, 0.2) is 0 Å². The molecule has 0 aliphatic heterocycles. The van der Waals surface area contributed by atoms with E-state index in [0.717, 1.165) is 26.1 Å². The fraction of sp³-hybridized carbons (Fsp3) is 0.600. The fourth-order valence-corrected chi connectivity index (χ4v) is 0.618. The second-order valence-electron chi connectivity index (χ2n) is 2.41. The Hall–Kier alpha value is -0.760. The van der Waals surface area contributed by atoms with Crippen LogP contribution in [0.3, 0.4) is 0 Å². The van der Waals surface area contributed by atoms with E-state index in [4.69, 9.17) is 4.74 Å². The maximum atomic E-state index is 5.13. The van der Waals surface area contributed by atoms with Crippen molar-refractivity contribution in [3.05, 3.63) is 24.7 Å². The van der Waals surface area contributed by atoms with Crippen molar-refractivity contribution in [2.75, 3.05) is 13.2 Å². The molecule has 0 saturated heterocycles. The Morgan fingerprint density at radius 1 is 1.00 bits per heavy atom. The standard InChI is InChI=1S/C6H14O.C4H4O/c1-3-5-7-6-4-2;1-2-4-5-3-1/h3-6H2,1-2H3;1-4H. The summed E-state index contributed by atoms with van der Waals surface area (Å²) < 4.78 is 9.72. The molecule has 0 radical (unpaired) electrons. The smallest absolute Gasteiger partial charge is 0.0902 e. The second-order valence-corrected chi connectivity index (χ2v) is 2.41. The third-order valence-corrected chi connectivity index (χ3v) is 1.12. The van der Waals surface area contributed by atoms with Crippen molar-refractivity contribution < 1.29 is 9.15 Å². The Labute approximate surface area is 74.5 Å². The molecule has 0 amide bonds. The van der Waals surface area contributed by atoms with Gasteiger partial charge in [0.05, 0.1) is 12.5 Å². The van der Waals surface area contributed by atoms with Gasteiger partial charge < -0.3 is 9.15 Å². The van der Waals surface area contributed by atoms with E-state index in [1.54, 1.807) is 12.5 Å². The summed E-state index contributed by atoms with van der Waals surface area (Å²) in [4.78, 5) is 0. The van der Waals surface area contributed by atoms with Crippen molar-refractivity contribution in [1.82, 2.24) is 0 Å². The third kappa shape index (κ3) is 9.24. The molecule has 1 aromatic heterocycles. The van der Waals surface area contributed by atoms with Gasteiger partial charge in [-0.05, 0) is 25.0 Å². The lowest BCUT2D eigenvalue weighted by Crippen LogP contribution is -1.92. The van der Waals surface area contributed by atoms with E-state index >= 15 is 0 Å². The highest BCUT2D eigenvalue weighted by molar-refractivity contribution is 4.79. The zero-order valence-electron chi connectivity index (χ0n) is 7.95. The highest BCUT2D eigenvalue weighted by Crippen LogP contribution is 1.81. The highest BCUT2D eigenvalue weighted by atomic mass is 16.5. The lowest BCUT2D eigenvalue weighted by molar-refractivity contribution is 0.135. The first kappa shape index (κ1) is 11.2. The van der Waals surface area contributed by atoms with Crippen LogP contribution in [0.1, 0.15) is 26.7 Å².